The van der Waals surface area contributed by atoms with E-state index in [1.54, 1.807) is 0 Å². The first-order chi connectivity index (χ1) is 16.0. The summed E-state index contributed by atoms with van der Waals surface area (Å²) in [6.07, 6.45) is 4.53. The Morgan fingerprint density at radius 1 is 0.824 bits per heavy atom. The molecule has 34 heavy (non-hydrogen) atoms. The Hall–Kier alpha value is -1.99. The minimum atomic E-state index is -1.20. The van der Waals surface area contributed by atoms with E-state index in [0.29, 0.717) is 24.3 Å². The Morgan fingerprint density at radius 2 is 1.26 bits per heavy atom. The number of primary amides is 1. The first kappa shape index (κ1) is 32.0. The van der Waals surface area contributed by atoms with Crippen LogP contribution in [0.5, 0.6) is 0 Å². The standard InChI is InChI=1S/C21H39N5O6S2/c1-5-12(2)17(23)20(30)25-14(8-10-33-3)19(29)24-13(6-7-16(22)27)18(28)26-15(21(31)32)9-11-34-4/h12-15,17H,5-11,23H2,1-4H3,(H2,22,27)(H,24,29)(H,25,30)(H,26,28)(H,31,32). The van der Waals surface area contributed by atoms with Gasteiger partial charge in [0, 0.05) is 6.42 Å². The largest absolute Gasteiger partial charge is 0.480 e. The lowest BCUT2D eigenvalue weighted by Gasteiger charge is -2.26. The fourth-order valence-corrected chi connectivity index (χ4v) is 3.82. The van der Waals surface area contributed by atoms with E-state index in [4.69, 9.17) is 11.5 Å². The van der Waals surface area contributed by atoms with Gasteiger partial charge in [-0.25, -0.2) is 4.79 Å². The van der Waals surface area contributed by atoms with Crippen molar-refractivity contribution < 1.29 is 29.1 Å². The number of amides is 4. The smallest absolute Gasteiger partial charge is 0.326 e. The minimum Gasteiger partial charge on any atom is -0.480 e. The van der Waals surface area contributed by atoms with Crippen molar-refractivity contribution in [2.75, 3.05) is 24.0 Å². The van der Waals surface area contributed by atoms with Crippen LogP contribution in [-0.2, 0) is 24.0 Å². The zero-order chi connectivity index (χ0) is 26.3. The average Bonchev–Trinajstić information content (AvgIpc) is 2.79. The first-order valence-electron chi connectivity index (χ1n) is 11.1. The van der Waals surface area contributed by atoms with Gasteiger partial charge in [-0.2, -0.15) is 23.5 Å². The van der Waals surface area contributed by atoms with Crippen molar-refractivity contribution in [1.29, 1.82) is 0 Å². The van der Waals surface area contributed by atoms with Crippen LogP contribution in [0.3, 0.4) is 0 Å². The number of hydrogen-bond acceptors (Lipinski definition) is 8. The highest BCUT2D eigenvalue weighted by Crippen LogP contribution is 2.09. The number of carbonyl (C=O) groups is 5. The molecule has 0 fully saturated rings. The van der Waals surface area contributed by atoms with Crippen molar-refractivity contribution in [3.05, 3.63) is 0 Å². The quantitative estimate of drug-likeness (QED) is 0.140. The minimum absolute atomic E-state index is 0.0902. The number of nitrogens with one attached hydrogen (secondary N) is 3. The Bertz CT molecular complexity index is 697. The van der Waals surface area contributed by atoms with Gasteiger partial charge in [-0.15, -0.1) is 0 Å². The lowest BCUT2D eigenvalue weighted by Crippen LogP contribution is -2.57. The molecule has 5 unspecified atom stereocenters. The van der Waals surface area contributed by atoms with Gasteiger partial charge >= 0.3 is 5.97 Å². The highest BCUT2D eigenvalue weighted by atomic mass is 32.2. The van der Waals surface area contributed by atoms with Crippen LogP contribution in [-0.4, -0.2) is 82.9 Å². The summed E-state index contributed by atoms with van der Waals surface area (Å²) in [5.74, 6) is -2.74. The second-order valence-electron chi connectivity index (χ2n) is 8.00. The van der Waals surface area contributed by atoms with E-state index >= 15 is 0 Å². The molecular weight excluding hydrogens is 482 g/mol. The number of hydrogen-bond donors (Lipinski definition) is 6. The van der Waals surface area contributed by atoms with E-state index in [0.717, 1.165) is 0 Å². The fourth-order valence-electron chi connectivity index (χ4n) is 2.88. The molecule has 0 spiro atoms. The number of nitrogens with two attached hydrogens (primary N) is 2. The molecule has 0 aliphatic carbocycles. The summed E-state index contributed by atoms with van der Waals surface area (Å²) in [4.78, 5) is 61.1. The monoisotopic (exact) mass is 521 g/mol. The van der Waals surface area contributed by atoms with Gasteiger partial charge in [0.05, 0.1) is 6.04 Å². The molecule has 0 aromatic rings. The van der Waals surface area contributed by atoms with E-state index in [-0.39, 0.29) is 25.2 Å². The third kappa shape index (κ3) is 12.5. The van der Waals surface area contributed by atoms with Gasteiger partial charge in [-0.3, -0.25) is 19.2 Å². The van der Waals surface area contributed by atoms with Gasteiger partial charge in [0.25, 0.3) is 0 Å². The Morgan fingerprint density at radius 3 is 1.71 bits per heavy atom. The Kier molecular flexibility index (Phi) is 16.4. The predicted octanol–water partition coefficient (Wildman–Crippen LogP) is -0.329. The summed E-state index contributed by atoms with van der Waals surface area (Å²) in [6, 6.07) is -4.09. The molecule has 13 heteroatoms. The summed E-state index contributed by atoms with van der Waals surface area (Å²) < 4.78 is 0. The molecule has 0 bridgehead atoms. The molecule has 4 amide bonds. The molecule has 5 atom stereocenters. The fraction of sp³-hybridized carbons (Fsp3) is 0.762. The number of carbonyl (C=O) groups excluding carboxylic acids is 4. The molecule has 0 aliphatic rings. The first-order valence-corrected chi connectivity index (χ1v) is 13.9. The molecular formula is C21H39N5O6S2. The van der Waals surface area contributed by atoms with E-state index in [2.05, 4.69) is 16.0 Å². The van der Waals surface area contributed by atoms with Crippen LogP contribution < -0.4 is 27.4 Å². The molecule has 0 saturated heterocycles. The van der Waals surface area contributed by atoms with E-state index in [1.807, 2.05) is 26.4 Å². The topological polar surface area (TPSA) is 194 Å². The lowest BCUT2D eigenvalue weighted by atomic mass is 9.99. The van der Waals surface area contributed by atoms with Crippen molar-refractivity contribution in [2.24, 2.45) is 17.4 Å². The number of aliphatic carboxylic acids is 1. The number of carboxylic acids is 1. The zero-order valence-electron chi connectivity index (χ0n) is 20.3. The molecule has 0 aromatic heterocycles. The third-order valence-electron chi connectivity index (χ3n) is 5.34. The van der Waals surface area contributed by atoms with E-state index < -0.39 is 53.8 Å². The number of rotatable bonds is 18. The molecule has 0 heterocycles. The van der Waals surface area contributed by atoms with Gasteiger partial charge < -0.3 is 32.5 Å². The summed E-state index contributed by atoms with van der Waals surface area (Å²) in [7, 11) is 0. The van der Waals surface area contributed by atoms with Gasteiger partial charge in [-0.05, 0) is 49.2 Å². The summed E-state index contributed by atoms with van der Waals surface area (Å²) in [5.41, 5.74) is 11.2. The highest BCUT2D eigenvalue weighted by Gasteiger charge is 2.31. The van der Waals surface area contributed by atoms with Gasteiger partial charge in [-0.1, -0.05) is 20.3 Å². The molecule has 0 aromatic carbocycles. The van der Waals surface area contributed by atoms with Crippen LogP contribution in [0.25, 0.3) is 0 Å². The summed E-state index contributed by atoms with van der Waals surface area (Å²) in [6.45, 7) is 3.74. The van der Waals surface area contributed by atoms with Gasteiger partial charge in [0.2, 0.25) is 23.6 Å². The van der Waals surface area contributed by atoms with Crippen LogP contribution >= 0.6 is 23.5 Å². The van der Waals surface area contributed by atoms with Crippen LogP contribution in [0.4, 0.5) is 0 Å². The van der Waals surface area contributed by atoms with Crippen LogP contribution in [0, 0.1) is 5.92 Å². The second kappa shape index (κ2) is 17.4. The predicted molar refractivity (Wildman–Crippen MR) is 135 cm³/mol. The second-order valence-corrected chi connectivity index (χ2v) is 9.97. The Labute approximate surface area is 209 Å². The lowest BCUT2D eigenvalue weighted by molar-refractivity contribution is -0.142. The SMILES string of the molecule is CCC(C)C(N)C(=O)NC(CCSC)C(=O)NC(CCC(N)=O)C(=O)NC(CCSC)C(=O)O. The van der Waals surface area contributed by atoms with Crippen molar-refractivity contribution in [3.8, 4) is 0 Å². The molecule has 0 aliphatic heterocycles. The van der Waals surface area contributed by atoms with Gasteiger partial charge in [0.1, 0.15) is 18.1 Å². The van der Waals surface area contributed by atoms with Crippen LogP contribution in [0.1, 0.15) is 46.0 Å². The van der Waals surface area contributed by atoms with Gasteiger partial charge in [0.15, 0.2) is 0 Å². The van der Waals surface area contributed by atoms with Crippen LogP contribution in [0.15, 0.2) is 0 Å². The number of thioether (sulfide) groups is 2. The van der Waals surface area contributed by atoms with Crippen LogP contribution in [0.2, 0.25) is 0 Å². The molecule has 0 radical (unpaired) electrons. The van der Waals surface area contributed by atoms with E-state index in [1.165, 1.54) is 23.5 Å². The molecule has 196 valence electrons. The zero-order valence-corrected chi connectivity index (χ0v) is 21.9. The summed E-state index contributed by atoms with van der Waals surface area (Å²) >= 11 is 2.91. The maximum absolute atomic E-state index is 13.0. The Balaban J connectivity index is 5.52. The number of carboxylic acid groups (broad SMARTS) is 1. The van der Waals surface area contributed by atoms with Crippen molar-refractivity contribution in [3.63, 3.8) is 0 Å². The van der Waals surface area contributed by atoms with E-state index in [9.17, 15) is 29.1 Å². The third-order valence-corrected chi connectivity index (χ3v) is 6.63. The molecule has 0 rings (SSSR count). The molecule has 8 N–H and O–H groups in total. The molecule has 11 nitrogen and oxygen atoms in total. The maximum Gasteiger partial charge on any atom is 0.326 e. The van der Waals surface area contributed by atoms with Crippen molar-refractivity contribution >= 4 is 53.1 Å². The van der Waals surface area contributed by atoms with Crippen molar-refractivity contribution in [2.45, 2.75) is 70.1 Å². The molecule has 0 saturated carbocycles. The maximum atomic E-state index is 13.0. The normalized spacial score (nSPS) is 15.3. The summed E-state index contributed by atoms with van der Waals surface area (Å²) in [5, 5.41) is 17.0. The highest BCUT2D eigenvalue weighted by molar-refractivity contribution is 7.98. The van der Waals surface area contributed by atoms with Crippen molar-refractivity contribution in [1.82, 2.24) is 16.0 Å². The average molecular weight is 522 g/mol.